The highest BCUT2D eigenvalue weighted by Gasteiger charge is 2.51. The van der Waals surface area contributed by atoms with Crippen LogP contribution in [-0.4, -0.2) is 22.1 Å². The quantitative estimate of drug-likeness (QED) is 0.409. The number of carboxylic acids is 1. The minimum Gasteiger partial charge on any atom is -0.481 e. The van der Waals surface area contributed by atoms with Crippen molar-refractivity contribution in [1.82, 2.24) is 0 Å². The highest BCUT2D eigenvalue weighted by atomic mass is 35.5. The van der Waals surface area contributed by atoms with Crippen molar-refractivity contribution in [2.24, 2.45) is 0 Å². The highest BCUT2D eigenvalue weighted by molar-refractivity contribution is 6.54. The monoisotopic (exact) mass is 428 g/mol. The van der Waals surface area contributed by atoms with Gasteiger partial charge in [0.15, 0.2) is 0 Å². The Bertz CT molecular complexity index is 743. The summed E-state index contributed by atoms with van der Waals surface area (Å²) >= 11 is 31.0. The van der Waals surface area contributed by atoms with Gasteiger partial charge in [-0.15, -0.1) is 0 Å². The molecule has 24 heavy (non-hydrogen) atoms. The van der Waals surface area contributed by atoms with Crippen LogP contribution in [0.2, 0.25) is 0 Å². The van der Waals surface area contributed by atoms with Gasteiger partial charge in [-0.1, -0.05) is 88.3 Å². The van der Waals surface area contributed by atoms with Gasteiger partial charge in [-0.25, -0.2) is 0 Å². The largest absolute Gasteiger partial charge is 0.481 e. The molecular weight excluding hydrogens is 421 g/mol. The van der Waals surface area contributed by atoms with Crippen molar-refractivity contribution in [3.63, 3.8) is 0 Å². The molecule has 0 fully saturated rings. The summed E-state index contributed by atoms with van der Waals surface area (Å²) < 4.78 is 5.15. The fraction of sp³-hybridized carbons (Fsp3) is 0.200. The molecule has 0 aliphatic heterocycles. The first-order chi connectivity index (χ1) is 11.2. The van der Waals surface area contributed by atoms with Crippen LogP contribution in [0.1, 0.15) is 17.9 Å². The number of rotatable bonds is 4. The average Bonchev–Trinajstić information content (AvgIpc) is 2.51. The van der Waals surface area contributed by atoms with Crippen molar-refractivity contribution in [2.75, 3.05) is 0 Å². The molecule has 0 amide bonds. The SMILES string of the molecule is O=C(O)CC(=O)OC1(Cl)C(Cl)=C(Cl)C(Cl)=C(Cl)C1c1ccccc1. The maximum absolute atomic E-state index is 11.8. The summed E-state index contributed by atoms with van der Waals surface area (Å²) in [6.45, 7) is 0. The number of hydrogen-bond donors (Lipinski definition) is 1. The predicted octanol–water partition coefficient (Wildman–Crippen LogP) is 5.12. The average molecular weight is 430 g/mol. The molecule has 2 unspecified atom stereocenters. The molecule has 0 bridgehead atoms. The Morgan fingerprint density at radius 1 is 1.08 bits per heavy atom. The predicted molar refractivity (Wildman–Crippen MR) is 93.6 cm³/mol. The van der Waals surface area contributed by atoms with Crippen molar-refractivity contribution in [3.05, 3.63) is 56.0 Å². The normalized spacial score (nSPS) is 24.1. The van der Waals surface area contributed by atoms with Gasteiger partial charge in [0.1, 0.15) is 6.42 Å². The van der Waals surface area contributed by atoms with Crippen molar-refractivity contribution in [3.8, 4) is 0 Å². The summed E-state index contributed by atoms with van der Waals surface area (Å²) in [6.07, 6.45) is -0.896. The molecule has 2 atom stereocenters. The lowest BCUT2D eigenvalue weighted by atomic mass is 9.88. The summed E-state index contributed by atoms with van der Waals surface area (Å²) in [7, 11) is 0. The van der Waals surface area contributed by atoms with Crippen LogP contribution in [0, 0.1) is 0 Å². The molecule has 0 saturated heterocycles. The van der Waals surface area contributed by atoms with Crippen molar-refractivity contribution in [2.45, 2.75) is 17.4 Å². The van der Waals surface area contributed by atoms with Crippen molar-refractivity contribution < 1.29 is 19.4 Å². The fourth-order valence-corrected chi connectivity index (χ4v) is 3.88. The number of carbonyl (C=O) groups is 2. The van der Waals surface area contributed by atoms with Gasteiger partial charge in [0.25, 0.3) is 0 Å². The van der Waals surface area contributed by atoms with E-state index in [0.717, 1.165) is 0 Å². The van der Waals surface area contributed by atoms with E-state index in [4.69, 9.17) is 67.8 Å². The second kappa shape index (κ2) is 7.54. The van der Waals surface area contributed by atoms with Crippen LogP contribution in [0.5, 0.6) is 0 Å². The molecule has 1 aromatic rings. The van der Waals surface area contributed by atoms with Crippen LogP contribution in [-0.2, 0) is 14.3 Å². The zero-order valence-electron chi connectivity index (χ0n) is 11.7. The molecule has 4 nitrogen and oxygen atoms in total. The number of halogens is 5. The molecule has 9 heteroatoms. The maximum atomic E-state index is 11.8. The van der Waals surface area contributed by atoms with Gasteiger partial charge >= 0.3 is 11.9 Å². The fourth-order valence-electron chi connectivity index (χ4n) is 2.20. The molecule has 1 aliphatic carbocycles. The number of benzene rings is 1. The molecule has 0 radical (unpaired) electrons. The lowest BCUT2D eigenvalue weighted by Crippen LogP contribution is -2.39. The first-order valence-electron chi connectivity index (χ1n) is 6.47. The second-order valence-electron chi connectivity index (χ2n) is 4.82. The summed E-state index contributed by atoms with van der Waals surface area (Å²) in [5, 5.41) is 6.28. The summed E-state index contributed by atoms with van der Waals surface area (Å²) in [5.74, 6) is -3.43. The first-order valence-corrected chi connectivity index (χ1v) is 8.36. The van der Waals surface area contributed by atoms with E-state index in [0.29, 0.717) is 5.56 Å². The molecule has 0 heterocycles. The number of esters is 1. The maximum Gasteiger partial charge on any atom is 0.319 e. The van der Waals surface area contributed by atoms with Gasteiger partial charge in [0, 0.05) is 0 Å². The summed E-state index contributed by atoms with van der Waals surface area (Å²) in [5.41, 5.74) is 0.557. The Morgan fingerprint density at radius 3 is 2.21 bits per heavy atom. The molecule has 0 aromatic heterocycles. The van der Waals surface area contributed by atoms with Gasteiger partial charge in [-0.05, 0) is 5.56 Å². The van der Waals surface area contributed by atoms with Crippen LogP contribution >= 0.6 is 58.0 Å². The van der Waals surface area contributed by atoms with Gasteiger partial charge in [0.2, 0.25) is 5.06 Å². The van der Waals surface area contributed by atoms with Gasteiger partial charge in [-0.3, -0.25) is 9.59 Å². The number of hydrogen-bond acceptors (Lipinski definition) is 3. The molecule has 1 aromatic carbocycles. The van der Waals surface area contributed by atoms with E-state index >= 15 is 0 Å². The van der Waals surface area contributed by atoms with Crippen LogP contribution < -0.4 is 0 Å². The molecule has 0 spiro atoms. The number of alkyl halides is 1. The van der Waals surface area contributed by atoms with E-state index in [2.05, 4.69) is 0 Å². The van der Waals surface area contributed by atoms with Crippen molar-refractivity contribution in [1.29, 1.82) is 0 Å². The summed E-state index contributed by atoms with van der Waals surface area (Å²) in [6, 6.07) is 8.57. The highest BCUT2D eigenvalue weighted by Crippen LogP contribution is 2.55. The van der Waals surface area contributed by atoms with Crippen LogP contribution in [0.4, 0.5) is 0 Å². The number of ether oxygens (including phenoxy) is 1. The zero-order valence-corrected chi connectivity index (χ0v) is 15.5. The van der Waals surface area contributed by atoms with E-state index in [-0.39, 0.29) is 20.1 Å². The third-order valence-electron chi connectivity index (χ3n) is 3.21. The van der Waals surface area contributed by atoms with Crippen LogP contribution in [0.3, 0.4) is 0 Å². The standard InChI is InChI=1S/C15H9Cl5O4/c16-11-10(7-4-2-1-3-5-7)15(20,14(19)13(18)12(11)17)24-9(23)6-8(21)22/h1-5,10H,6H2,(H,21,22). The number of allylic oxidation sites excluding steroid dienone is 2. The molecule has 1 N–H and O–H groups in total. The second-order valence-corrected chi connectivity index (χ2v) is 6.93. The molecule has 2 rings (SSSR count). The van der Waals surface area contributed by atoms with E-state index in [1.54, 1.807) is 30.3 Å². The molecule has 1 aliphatic rings. The Labute approximate surface area is 162 Å². The summed E-state index contributed by atoms with van der Waals surface area (Å²) in [4.78, 5) is 22.5. The molecular formula is C15H9Cl5O4. The number of carbonyl (C=O) groups excluding carboxylic acids is 1. The van der Waals surface area contributed by atoms with Gasteiger partial charge in [0.05, 0.1) is 26.0 Å². The Balaban J connectivity index is 2.55. The van der Waals surface area contributed by atoms with Gasteiger partial charge in [-0.2, -0.15) is 0 Å². The number of aliphatic carboxylic acids is 1. The van der Waals surface area contributed by atoms with Crippen LogP contribution in [0.25, 0.3) is 0 Å². The third-order valence-corrected chi connectivity index (χ3v) is 5.73. The Morgan fingerprint density at radius 2 is 1.67 bits per heavy atom. The molecule has 0 saturated carbocycles. The smallest absolute Gasteiger partial charge is 0.319 e. The van der Waals surface area contributed by atoms with E-state index < -0.39 is 29.3 Å². The third kappa shape index (κ3) is 3.68. The lowest BCUT2D eigenvalue weighted by Gasteiger charge is -2.38. The minimum atomic E-state index is -2.01. The van der Waals surface area contributed by atoms with Crippen LogP contribution in [0.15, 0.2) is 50.5 Å². The minimum absolute atomic E-state index is 0.0235. The Hall–Kier alpha value is -0.910. The zero-order chi connectivity index (χ0) is 18.1. The van der Waals surface area contributed by atoms with Gasteiger partial charge < -0.3 is 9.84 Å². The lowest BCUT2D eigenvalue weighted by molar-refractivity contribution is -0.156. The van der Waals surface area contributed by atoms with Crippen molar-refractivity contribution >= 4 is 69.9 Å². The first kappa shape index (κ1) is 19.4. The Kier molecular flexibility index (Phi) is 6.10. The van der Waals surface area contributed by atoms with E-state index in [9.17, 15) is 9.59 Å². The van der Waals surface area contributed by atoms with E-state index in [1.807, 2.05) is 0 Å². The van der Waals surface area contributed by atoms with E-state index in [1.165, 1.54) is 0 Å². The molecule has 128 valence electrons. The topological polar surface area (TPSA) is 63.6 Å². The number of carboxylic acid groups (broad SMARTS) is 1.